The van der Waals surface area contributed by atoms with Gasteiger partial charge in [-0.2, -0.15) is 0 Å². The van der Waals surface area contributed by atoms with Crippen LogP contribution in [0.1, 0.15) is 33.7 Å². The number of fused-ring (bicyclic) bond motifs is 4. The molecule has 0 fully saturated rings. The highest BCUT2D eigenvalue weighted by Crippen LogP contribution is 2.43. The molecule has 0 saturated carbocycles. The van der Waals surface area contributed by atoms with Gasteiger partial charge in [0, 0.05) is 11.1 Å². The highest BCUT2D eigenvalue weighted by atomic mass is 16.5. The Morgan fingerprint density at radius 2 is 1.61 bits per heavy atom. The zero-order chi connectivity index (χ0) is 25.0. The molecule has 178 valence electrons. The van der Waals surface area contributed by atoms with E-state index in [1.807, 2.05) is 78.9 Å². The molecule has 1 atom stereocenters. The number of allylic oxidation sites excluding steroid dienone is 1. The first-order valence-corrected chi connectivity index (χ1v) is 11.7. The highest BCUT2D eigenvalue weighted by Gasteiger charge is 2.47. The van der Waals surface area contributed by atoms with E-state index in [1.165, 1.54) is 11.6 Å². The zero-order valence-corrected chi connectivity index (χ0v) is 19.9. The predicted octanol–water partition coefficient (Wildman–Crippen LogP) is 2.12. The van der Waals surface area contributed by atoms with E-state index in [2.05, 4.69) is 4.99 Å². The molecule has 0 amide bonds. The molecule has 2 heterocycles. The largest absolute Gasteiger partial charge is 0.519 e. The lowest BCUT2D eigenvalue weighted by Crippen LogP contribution is -2.75. The van der Waals surface area contributed by atoms with Crippen LogP contribution in [0.4, 0.5) is 5.82 Å². The van der Waals surface area contributed by atoms with E-state index < -0.39 is 5.92 Å². The molecule has 1 aromatic heterocycles. The fourth-order valence-electron chi connectivity index (χ4n) is 5.12. The Bertz CT molecular complexity index is 1630. The third-order valence-electron chi connectivity index (χ3n) is 6.98. The lowest BCUT2D eigenvalue weighted by molar-refractivity contribution is -0.723. The van der Waals surface area contributed by atoms with Gasteiger partial charge in [0.2, 0.25) is 0 Å². The lowest BCUT2D eigenvalue weighted by Gasteiger charge is -2.22. The summed E-state index contributed by atoms with van der Waals surface area (Å²) in [6.45, 7) is 0.450. The number of rotatable bonds is 4. The van der Waals surface area contributed by atoms with Crippen molar-refractivity contribution < 1.29 is 24.5 Å². The molecule has 0 radical (unpaired) electrons. The van der Waals surface area contributed by atoms with Crippen molar-refractivity contribution in [1.29, 1.82) is 0 Å². The molecule has 4 aromatic rings. The number of ether oxygens (including phenoxy) is 1. The summed E-state index contributed by atoms with van der Waals surface area (Å²) >= 11 is 0. The van der Waals surface area contributed by atoms with Gasteiger partial charge in [0.1, 0.15) is 32.2 Å². The van der Waals surface area contributed by atoms with Crippen LogP contribution >= 0.6 is 0 Å². The minimum Gasteiger partial charge on any atom is -0.507 e. The van der Waals surface area contributed by atoms with Crippen LogP contribution in [-0.2, 0) is 20.7 Å². The van der Waals surface area contributed by atoms with Gasteiger partial charge >= 0.3 is 17.4 Å². The fourth-order valence-corrected chi connectivity index (χ4v) is 5.12. The van der Waals surface area contributed by atoms with E-state index in [-0.39, 0.29) is 17.3 Å². The highest BCUT2D eigenvalue weighted by molar-refractivity contribution is 6.21. The average Bonchev–Trinajstić information content (AvgIpc) is 3.21. The maximum atomic E-state index is 13.5. The SMILES string of the molecule is Cn1c(O)[n+](C)c2c(c1=O)C(c1ccc(OCc3ccccc3)cc1)C1=C(O)c3ccccc3C1=[NH+]2. The van der Waals surface area contributed by atoms with Crippen LogP contribution < -0.4 is 19.9 Å². The molecular formula is C29H25N3O4+2. The lowest BCUT2D eigenvalue weighted by atomic mass is 9.81. The van der Waals surface area contributed by atoms with Gasteiger partial charge < -0.3 is 14.9 Å². The molecule has 1 aliphatic carbocycles. The molecule has 2 aliphatic rings. The van der Waals surface area contributed by atoms with Gasteiger partial charge in [-0.05, 0) is 29.3 Å². The maximum Gasteiger partial charge on any atom is 0.519 e. The fraction of sp³-hybridized carbons (Fsp3) is 0.138. The van der Waals surface area contributed by atoms with E-state index in [4.69, 9.17) is 4.74 Å². The van der Waals surface area contributed by atoms with Gasteiger partial charge in [-0.25, -0.2) is 9.79 Å². The molecule has 36 heavy (non-hydrogen) atoms. The van der Waals surface area contributed by atoms with E-state index in [0.717, 1.165) is 22.4 Å². The van der Waals surface area contributed by atoms with Gasteiger partial charge in [0.05, 0.1) is 11.5 Å². The molecule has 0 bridgehead atoms. The summed E-state index contributed by atoms with van der Waals surface area (Å²) < 4.78 is 8.73. The molecule has 0 spiro atoms. The number of nitrogens with zero attached hydrogens (tertiary/aromatic N) is 2. The van der Waals surface area contributed by atoms with Crippen LogP contribution in [0.2, 0.25) is 0 Å². The molecule has 6 rings (SSSR count). The summed E-state index contributed by atoms with van der Waals surface area (Å²) in [6.07, 6.45) is 0. The van der Waals surface area contributed by atoms with Crippen molar-refractivity contribution in [3.8, 4) is 11.8 Å². The Labute approximate surface area is 207 Å². The van der Waals surface area contributed by atoms with Crippen LogP contribution in [0, 0.1) is 0 Å². The van der Waals surface area contributed by atoms with E-state index in [1.54, 1.807) is 11.6 Å². The van der Waals surface area contributed by atoms with E-state index >= 15 is 0 Å². The maximum absolute atomic E-state index is 13.5. The Morgan fingerprint density at radius 1 is 0.944 bits per heavy atom. The number of aliphatic hydroxyl groups is 1. The molecule has 7 nitrogen and oxygen atoms in total. The third kappa shape index (κ3) is 3.24. The average molecular weight is 480 g/mol. The van der Waals surface area contributed by atoms with Crippen molar-refractivity contribution in [3.05, 3.63) is 123 Å². The molecule has 7 heteroatoms. The summed E-state index contributed by atoms with van der Waals surface area (Å²) in [4.78, 5) is 16.8. The minimum absolute atomic E-state index is 0.144. The summed E-state index contributed by atoms with van der Waals surface area (Å²) in [5, 5.41) is 21.9. The summed E-state index contributed by atoms with van der Waals surface area (Å²) in [5.74, 6) is 0.801. The van der Waals surface area contributed by atoms with Crippen molar-refractivity contribution in [1.82, 2.24) is 4.57 Å². The summed E-state index contributed by atoms with van der Waals surface area (Å²) in [5.41, 5.74) is 4.95. The van der Waals surface area contributed by atoms with Crippen LogP contribution in [0.15, 0.2) is 89.2 Å². The number of aromatic hydroxyl groups is 1. The third-order valence-corrected chi connectivity index (χ3v) is 6.98. The number of benzene rings is 3. The van der Waals surface area contributed by atoms with Crippen molar-refractivity contribution in [2.24, 2.45) is 14.1 Å². The number of aromatic nitrogens is 2. The second-order valence-corrected chi connectivity index (χ2v) is 9.07. The molecule has 3 N–H and O–H groups in total. The molecular weight excluding hydrogens is 454 g/mol. The van der Waals surface area contributed by atoms with Crippen molar-refractivity contribution in [2.75, 3.05) is 0 Å². The van der Waals surface area contributed by atoms with E-state index in [9.17, 15) is 15.0 Å². The standard InChI is InChI=1S/C29H23N3O4/c1-31-27-24(28(34)32(2)29(31)35)22(23-25(30-27)20-10-6-7-11-21(20)26(23)33)18-12-14-19(15-13-18)36-16-17-8-4-3-5-9-17/h3-15,22H,16H2,1-2H3,(H,30,33,34)/p+2. The topological polar surface area (TPSA) is 89.5 Å². The Kier molecular flexibility index (Phi) is 5.00. The zero-order valence-electron chi connectivity index (χ0n) is 19.9. The van der Waals surface area contributed by atoms with Crippen molar-refractivity contribution in [3.63, 3.8) is 0 Å². The monoisotopic (exact) mass is 479 g/mol. The van der Waals surface area contributed by atoms with Gasteiger partial charge in [-0.1, -0.05) is 60.7 Å². The van der Waals surface area contributed by atoms with Crippen LogP contribution in [0.25, 0.3) is 5.76 Å². The van der Waals surface area contributed by atoms with Gasteiger partial charge in [-0.15, -0.1) is 9.13 Å². The minimum atomic E-state index is -0.544. The second kappa shape index (κ2) is 8.23. The van der Waals surface area contributed by atoms with Crippen molar-refractivity contribution in [2.45, 2.75) is 12.5 Å². The first-order valence-electron chi connectivity index (χ1n) is 11.7. The quantitative estimate of drug-likeness (QED) is 0.391. The Morgan fingerprint density at radius 3 is 2.33 bits per heavy atom. The summed E-state index contributed by atoms with van der Waals surface area (Å²) in [6, 6.07) is 25.0. The van der Waals surface area contributed by atoms with Crippen LogP contribution in [-0.4, -0.2) is 20.5 Å². The molecule has 1 unspecified atom stereocenters. The Balaban J connectivity index is 1.49. The predicted molar refractivity (Wildman–Crippen MR) is 134 cm³/mol. The first kappa shape index (κ1) is 21.9. The van der Waals surface area contributed by atoms with Crippen LogP contribution in [0.3, 0.4) is 0 Å². The first-order chi connectivity index (χ1) is 17.5. The molecule has 0 saturated heterocycles. The number of hydrogen-bond donors (Lipinski definition) is 3. The van der Waals surface area contributed by atoms with Gasteiger partial charge in [0.15, 0.2) is 11.3 Å². The number of nitrogens with one attached hydrogen (secondary N) is 1. The molecule has 3 aromatic carbocycles. The second-order valence-electron chi connectivity index (χ2n) is 9.07. The summed E-state index contributed by atoms with van der Waals surface area (Å²) in [7, 11) is 3.24. The molecule has 1 aliphatic heterocycles. The van der Waals surface area contributed by atoms with Crippen LogP contribution in [0.5, 0.6) is 11.8 Å². The van der Waals surface area contributed by atoms with Gasteiger partial charge in [-0.3, -0.25) is 0 Å². The number of aliphatic hydroxyl groups excluding tert-OH is 1. The number of hydrogen-bond acceptors (Lipinski definition) is 4. The van der Waals surface area contributed by atoms with E-state index in [0.29, 0.717) is 34.9 Å². The normalized spacial score (nSPS) is 15.7. The van der Waals surface area contributed by atoms with Gasteiger partial charge in [0.25, 0.3) is 0 Å². The van der Waals surface area contributed by atoms with Crippen molar-refractivity contribution >= 4 is 17.3 Å². The smallest absolute Gasteiger partial charge is 0.507 e. The Hall–Kier alpha value is -4.65.